The summed E-state index contributed by atoms with van der Waals surface area (Å²) in [6, 6.07) is 8.42. The van der Waals surface area contributed by atoms with Gasteiger partial charge in [0.25, 0.3) is 0 Å². The number of nitrogens with one attached hydrogen (secondary N) is 1. The van der Waals surface area contributed by atoms with Crippen molar-refractivity contribution in [3.8, 4) is 0 Å². The van der Waals surface area contributed by atoms with Crippen LogP contribution in [0.5, 0.6) is 0 Å². The summed E-state index contributed by atoms with van der Waals surface area (Å²) in [7, 11) is 0. The molecule has 0 aliphatic rings. The highest BCUT2D eigenvalue weighted by molar-refractivity contribution is 5.85. The average molecular weight is 313 g/mol. The van der Waals surface area contributed by atoms with Crippen molar-refractivity contribution in [3.63, 3.8) is 0 Å². The third-order valence-electron chi connectivity index (χ3n) is 4.39. The predicted octanol–water partition coefficient (Wildman–Crippen LogP) is 3.23. The zero-order valence-electron chi connectivity index (χ0n) is 13.6. The molecule has 1 unspecified atom stereocenters. The molecule has 120 valence electrons. The van der Waals surface area contributed by atoms with Gasteiger partial charge in [-0.15, -0.1) is 12.4 Å². The molecule has 0 fully saturated rings. The topological polar surface area (TPSA) is 55.1 Å². The van der Waals surface area contributed by atoms with Gasteiger partial charge in [-0.3, -0.25) is 4.79 Å². The number of halogens is 1. The van der Waals surface area contributed by atoms with E-state index in [4.69, 9.17) is 5.73 Å². The largest absolute Gasteiger partial charge is 0.353 e. The molecular weight excluding hydrogens is 284 g/mol. The number of hydrogen-bond acceptors (Lipinski definition) is 2. The van der Waals surface area contributed by atoms with E-state index in [1.54, 1.807) is 0 Å². The molecule has 1 aromatic carbocycles. The molecule has 1 rings (SSSR count). The lowest BCUT2D eigenvalue weighted by Gasteiger charge is -2.30. The number of carbonyl (C=O) groups excluding carboxylic acids is 1. The molecule has 4 heteroatoms. The summed E-state index contributed by atoms with van der Waals surface area (Å²) in [5.41, 5.74) is 7.96. The van der Waals surface area contributed by atoms with Crippen molar-refractivity contribution < 1.29 is 4.79 Å². The lowest BCUT2D eigenvalue weighted by Crippen LogP contribution is -2.48. The van der Waals surface area contributed by atoms with Crippen LogP contribution in [0.3, 0.4) is 0 Å². The van der Waals surface area contributed by atoms with Crippen molar-refractivity contribution in [2.75, 3.05) is 6.54 Å². The van der Waals surface area contributed by atoms with Crippen molar-refractivity contribution in [1.29, 1.82) is 0 Å². The molecular formula is C17H29ClN2O. The third-order valence-corrected chi connectivity index (χ3v) is 4.39. The number of amides is 1. The van der Waals surface area contributed by atoms with Crippen LogP contribution in [0, 0.1) is 12.3 Å². The van der Waals surface area contributed by atoms with Gasteiger partial charge in [0, 0.05) is 12.6 Å². The number of rotatable bonds is 7. The fraction of sp³-hybridized carbons (Fsp3) is 0.588. The zero-order valence-corrected chi connectivity index (χ0v) is 14.4. The fourth-order valence-corrected chi connectivity index (χ4v) is 2.55. The minimum absolute atomic E-state index is 0. The molecule has 1 amide bonds. The zero-order chi connectivity index (χ0) is 15.2. The van der Waals surface area contributed by atoms with Crippen molar-refractivity contribution in [2.24, 2.45) is 11.1 Å². The molecule has 0 aliphatic carbocycles. The van der Waals surface area contributed by atoms with Gasteiger partial charge in [0.1, 0.15) is 0 Å². The van der Waals surface area contributed by atoms with Crippen LogP contribution in [-0.2, 0) is 11.2 Å². The Morgan fingerprint density at radius 2 is 1.86 bits per heavy atom. The van der Waals surface area contributed by atoms with Crippen LogP contribution in [0.25, 0.3) is 0 Å². The van der Waals surface area contributed by atoms with Gasteiger partial charge in [0.05, 0.1) is 5.41 Å². The summed E-state index contributed by atoms with van der Waals surface area (Å²) in [6.45, 7) is 8.62. The SMILES string of the molecule is CCC(CC)(CN)C(=O)NC(C)Cc1ccccc1C.Cl. The van der Waals surface area contributed by atoms with E-state index < -0.39 is 5.41 Å². The van der Waals surface area contributed by atoms with Crippen molar-refractivity contribution in [3.05, 3.63) is 35.4 Å². The van der Waals surface area contributed by atoms with E-state index in [1.165, 1.54) is 11.1 Å². The van der Waals surface area contributed by atoms with Gasteiger partial charge >= 0.3 is 0 Å². The lowest BCUT2D eigenvalue weighted by atomic mass is 9.81. The number of nitrogens with two attached hydrogens (primary N) is 1. The first-order chi connectivity index (χ1) is 9.49. The minimum Gasteiger partial charge on any atom is -0.353 e. The van der Waals surface area contributed by atoms with Gasteiger partial charge < -0.3 is 11.1 Å². The van der Waals surface area contributed by atoms with E-state index in [0.717, 1.165) is 19.3 Å². The maximum absolute atomic E-state index is 12.5. The lowest BCUT2D eigenvalue weighted by molar-refractivity contribution is -0.131. The Kier molecular flexibility index (Phi) is 8.60. The molecule has 1 atom stereocenters. The van der Waals surface area contributed by atoms with Crippen LogP contribution >= 0.6 is 12.4 Å². The Morgan fingerprint density at radius 3 is 2.33 bits per heavy atom. The van der Waals surface area contributed by atoms with Gasteiger partial charge in [-0.1, -0.05) is 38.1 Å². The van der Waals surface area contributed by atoms with Crippen molar-refractivity contribution >= 4 is 18.3 Å². The highest BCUT2D eigenvalue weighted by atomic mass is 35.5. The molecule has 0 radical (unpaired) electrons. The molecule has 3 N–H and O–H groups in total. The van der Waals surface area contributed by atoms with Crippen molar-refractivity contribution in [2.45, 2.75) is 53.0 Å². The summed E-state index contributed by atoms with van der Waals surface area (Å²) >= 11 is 0. The molecule has 0 aliphatic heterocycles. The molecule has 1 aromatic rings. The van der Waals surface area contributed by atoms with E-state index in [9.17, 15) is 4.79 Å². The van der Waals surface area contributed by atoms with Crippen LogP contribution in [0.15, 0.2) is 24.3 Å². The second kappa shape index (κ2) is 9.06. The number of hydrogen-bond donors (Lipinski definition) is 2. The van der Waals surface area contributed by atoms with E-state index in [0.29, 0.717) is 6.54 Å². The summed E-state index contributed by atoms with van der Waals surface area (Å²) in [4.78, 5) is 12.5. The highest BCUT2D eigenvalue weighted by Crippen LogP contribution is 2.25. The molecule has 0 saturated carbocycles. The van der Waals surface area contributed by atoms with Crippen LogP contribution in [0.1, 0.15) is 44.7 Å². The number of aryl methyl sites for hydroxylation is 1. The molecule has 0 bridgehead atoms. The number of carbonyl (C=O) groups is 1. The Hall–Kier alpha value is -1.06. The van der Waals surface area contributed by atoms with Crippen molar-refractivity contribution in [1.82, 2.24) is 5.32 Å². The van der Waals surface area contributed by atoms with Crippen LogP contribution < -0.4 is 11.1 Å². The Balaban J connectivity index is 0.00000400. The summed E-state index contributed by atoms with van der Waals surface area (Å²) < 4.78 is 0. The van der Waals surface area contributed by atoms with E-state index >= 15 is 0 Å². The average Bonchev–Trinajstić information content (AvgIpc) is 2.44. The van der Waals surface area contributed by atoms with Gasteiger partial charge in [-0.2, -0.15) is 0 Å². The Bertz CT molecular complexity index is 436. The molecule has 0 spiro atoms. The Labute approximate surface area is 135 Å². The monoisotopic (exact) mass is 312 g/mol. The van der Waals surface area contributed by atoms with E-state index in [-0.39, 0.29) is 24.4 Å². The smallest absolute Gasteiger partial charge is 0.227 e. The summed E-state index contributed by atoms with van der Waals surface area (Å²) in [5, 5.41) is 3.13. The molecule has 0 heterocycles. The maximum Gasteiger partial charge on any atom is 0.227 e. The van der Waals surface area contributed by atoms with Gasteiger partial charge in [-0.25, -0.2) is 0 Å². The Morgan fingerprint density at radius 1 is 1.29 bits per heavy atom. The van der Waals surface area contributed by atoms with Gasteiger partial charge in [0.2, 0.25) is 5.91 Å². The molecule has 3 nitrogen and oxygen atoms in total. The van der Waals surface area contributed by atoms with Crippen LogP contribution in [0.4, 0.5) is 0 Å². The van der Waals surface area contributed by atoms with Crippen LogP contribution in [-0.4, -0.2) is 18.5 Å². The first kappa shape index (κ1) is 19.9. The van der Waals surface area contributed by atoms with Gasteiger partial charge in [0.15, 0.2) is 0 Å². The molecule has 21 heavy (non-hydrogen) atoms. The normalized spacial score (nSPS) is 12.4. The van der Waals surface area contributed by atoms with E-state index in [1.807, 2.05) is 26.0 Å². The predicted molar refractivity (Wildman–Crippen MR) is 91.8 cm³/mol. The second-order valence-corrected chi connectivity index (χ2v) is 5.70. The standard InChI is InChI=1S/C17H28N2O.ClH/c1-5-17(6-2,12-18)16(20)19-14(4)11-15-10-8-7-9-13(15)3;/h7-10,14H,5-6,11-12,18H2,1-4H3,(H,19,20);1H. The van der Waals surface area contributed by atoms with Crippen LogP contribution in [0.2, 0.25) is 0 Å². The van der Waals surface area contributed by atoms with E-state index in [2.05, 4.69) is 31.3 Å². The highest BCUT2D eigenvalue weighted by Gasteiger charge is 2.33. The fourth-order valence-electron chi connectivity index (χ4n) is 2.55. The number of benzene rings is 1. The maximum atomic E-state index is 12.5. The summed E-state index contributed by atoms with van der Waals surface area (Å²) in [5.74, 6) is 0.0890. The quantitative estimate of drug-likeness (QED) is 0.812. The van der Waals surface area contributed by atoms with Gasteiger partial charge in [-0.05, 0) is 44.2 Å². The first-order valence-electron chi connectivity index (χ1n) is 7.54. The summed E-state index contributed by atoms with van der Waals surface area (Å²) in [6.07, 6.45) is 2.42. The minimum atomic E-state index is -0.417. The second-order valence-electron chi connectivity index (χ2n) is 5.70. The molecule has 0 saturated heterocycles. The first-order valence-corrected chi connectivity index (χ1v) is 7.54. The third kappa shape index (κ3) is 5.01. The molecule has 0 aromatic heterocycles.